The fourth-order valence-electron chi connectivity index (χ4n) is 1.83. The first-order valence-electron chi connectivity index (χ1n) is 6.21. The summed E-state index contributed by atoms with van der Waals surface area (Å²) >= 11 is 9.38. The molecule has 0 spiro atoms. The largest absolute Gasteiger partial charge is 0.381 e. The van der Waals surface area contributed by atoms with E-state index in [1.165, 1.54) is 10.8 Å². The van der Waals surface area contributed by atoms with Gasteiger partial charge < -0.3 is 15.4 Å². The Morgan fingerprint density at radius 2 is 2.18 bits per heavy atom. The molecule has 0 aliphatic heterocycles. The molecule has 1 N–H and O–H groups in total. The molecule has 2 aromatic rings. The monoisotopic (exact) mass is 386 g/mol. The van der Waals surface area contributed by atoms with Crippen LogP contribution in [0.3, 0.4) is 0 Å². The third-order valence-electron chi connectivity index (χ3n) is 2.99. The number of carbonyl (C=O) groups excluding carboxylic acids is 1. The molecule has 1 aromatic carbocycles. The second-order valence-electron chi connectivity index (χ2n) is 4.66. The van der Waals surface area contributed by atoms with Crippen molar-refractivity contribution >= 4 is 44.9 Å². The van der Waals surface area contributed by atoms with Gasteiger partial charge in [-0.15, -0.1) is 0 Å². The predicted octanol–water partition coefficient (Wildman–Crippen LogP) is 3.46. The van der Waals surface area contributed by atoms with Crippen LogP contribution in [0.2, 0.25) is 5.02 Å². The molecule has 1 aromatic heterocycles. The Bertz CT molecular complexity index is 760. The number of aryl methyl sites for hydroxylation is 2. The van der Waals surface area contributed by atoms with Gasteiger partial charge in [0.05, 0.1) is 5.69 Å². The molecule has 0 atom stereocenters. The maximum Gasteiger partial charge on any atom is 0.381 e. The second kappa shape index (κ2) is 6.45. The van der Waals surface area contributed by atoms with Gasteiger partial charge in [-0.05, 0) is 50.5 Å². The van der Waals surface area contributed by atoms with Gasteiger partial charge in [0.25, 0.3) is 0 Å². The van der Waals surface area contributed by atoms with Gasteiger partial charge in [0, 0.05) is 16.4 Å². The van der Waals surface area contributed by atoms with Gasteiger partial charge in [-0.2, -0.15) is 0 Å². The SMILES string of the molecule is Cc1cc(Br)c(NC(=O)Cn2cc([N+](=O)[O-])nc2C)cc1Cl. The van der Waals surface area contributed by atoms with E-state index in [0.29, 0.717) is 21.0 Å². The van der Waals surface area contributed by atoms with E-state index < -0.39 is 4.92 Å². The number of carbonyl (C=O) groups is 1. The fourth-order valence-corrected chi connectivity index (χ4v) is 2.55. The van der Waals surface area contributed by atoms with Crippen molar-refractivity contribution in [3.05, 3.63) is 49.3 Å². The molecule has 0 aliphatic carbocycles. The second-order valence-corrected chi connectivity index (χ2v) is 5.92. The molecule has 116 valence electrons. The molecule has 1 heterocycles. The molecule has 1 amide bonds. The molecule has 9 heteroatoms. The molecule has 7 nitrogen and oxygen atoms in total. The highest BCUT2D eigenvalue weighted by molar-refractivity contribution is 9.10. The van der Waals surface area contributed by atoms with Gasteiger partial charge in [0.1, 0.15) is 12.7 Å². The average molecular weight is 388 g/mol. The molecule has 0 saturated carbocycles. The lowest BCUT2D eigenvalue weighted by molar-refractivity contribution is -0.389. The molecule has 0 aliphatic rings. The molecular weight excluding hydrogens is 376 g/mol. The zero-order chi connectivity index (χ0) is 16.4. The van der Waals surface area contributed by atoms with Crippen molar-refractivity contribution in [3.8, 4) is 0 Å². The lowest BCUT2D eigenvalue weighted by atomic mass is 10.2. The van der Waals surface area contributed by atoms with Gasteiger partial charge in [0.15, 0.2) is 0 Å². The predicted molar refractivity (Wildman–Crippen MR) is 86.1 cm³/mol. The summed E-state index contributed by atoms with van der Waals surface area (Å²) in [5.41, 5.74) is 1.42. The number of anilines is 1. The lowest BCUT2D eigenvalue weighted by Gasteiger charge is -2.10. The summed E-state index contributed by atoms with van der Waals surface area (Å²) in [6.45, 7) is 3.37. The number of rotatable bonds is 4. The first-order chi connectivity index (χ1) is 10.3. The van der Waals surface area contributed by atoms with Crippen LogP contribution in [0.4, 0.5) is 11.5 Å². The Morgan fingerprint density at radius 3 is 2.77 bits per heavy atom. The highest BCUT2D eigenvalue weighted by Gasteiger charge is 2.17. The van der Waals surface area contributed by atoms with Crippen LogP contribution in [0.15, 0.2) is 22.8 Å². The molecule has 0 saturated heterocycles. The first-order valence-corrected chi connectivity index (χ1v) is 7.38. The molecule has 0 unspecified atom stereocenters. The van der Waals surface area contributed by atoms with E-state index in [1.807, 2.05) is 6.92 Å². The van der Waals surface area contributed by atoms with Crippen LogP contribution in [0.25, 0.3) is 0 Å². The van der Waals surface area contributed by atoms with E-state index in [1.54, 1.807) is 19.1 Å². The van der Waals surface area contributed by atoms with Crippen LogP contribution in [-0.4, -0.2) is 20.4 Å². The third kappa shape index (κ3) is 3.63. The Balaban J connectivity index is 2.14. The van der Waals surface area contributed by atoms with E-state index in [0.717, 1.165) is 5.56 Å². The Hall–Kier alpha value is -1.93. The standard InChI is InChI=1S/C13H12BrClN4O3/c1-7-3-9(14)11(4-10(7)15)17-13(20)6-18-5-12(19(21)22)16-8(18)2/h3-5H,6H2,1-2H3,(H,17,20). The van der Waals surface area contributed by atoms with E-state index in [-0.39, 0.29) is 18.3 Å². The van der Waals surface area contributed by atoms with E-state index in [4.69, 9.17) is 11.6 Å². The average Bonchev–Trinajstić information content (AvgIpc) is 2.77. The number of nitrogens with one attached hydrogen (secondary N) is 1. The number of hydrogen-bond donors (Lipinski definition) is 1. The lowest BCUT2D eigenvalue weighted by Crippen LogP contribution is -2.19. The minimum atomic E-state index is -0.599. The van der Waals surface area contributed by atoms with Crippen LogP contribution in [0, 0.1) is 24.0 Å². The van der Waals surface area contributed by atoms with Crippen molar-refractivity contribution < 1.29 is 9.72 Å². The topological polar surface area (TPSA) is 90.1 Å². The number of halogens is 2. The van der Waals surface area contributed by atoms with Gasteiger partial charge >= 0.3 is 5.82 Å². The van der Waals surface area contributed by atoms with Crippen LogP contribution in [-0.2, 0) is 11.3 Å². The minimum absolute atomic E-state index is 0.0788. The Kier molecular flexibility index (Phi) is 4.82. The zero-order valence-electron chi connectivity index (χ0n) is 11.8. The van der Waals surface area contributed by atoms with E-state index in [9.17, 15) is 14.9 Å². The summed E-state index contributed by atoms with van der Waals surface area (Å²) in [4.78, 5) is 25.9. The first kappa shape index (κ1) is 16.4. The fraction of sp³-hybridized carbons (Fsp3) is 0.231. The smallest absolute Gasteiger partial charge is 0.358 e. The van der Waals surface area contributed by atoms with Crippen molar-refractivity contribution in [3.63, 3.8) is 0 Å². The van der Waals surface area contributed by atoms with Gasteiger partial charge in [0.2, 0.25) is 11.7 Å². The van der Waals surface area contributed by atoms with Gasteiger partial charge in [-0.3, -0.25) is 9.36 Å². The number of amides is 1. The molecule has 2 rings (SSSR count). The van der Waals surface area contributed by atoms with Crippen LogP contribution < -0.4 is 5.32 Å². The Labute approximate surface area is 139 Å². The van der Waals surface area contributed by atoms with Crippen LogP contribution in [0.5, 0.6) is 0 Å². The van der Waals surface area contributed by atoms with Crippen molar-refractivity contribution in [1.29, 1.82) is 0 Å². The normalized spacial score (nSPS) is 10.5. The Morgan fingerprint density at radius 1 is 1.50 bits per heavy atom. The zero-order valence-corrected chi connectivity index (χ0v) is 14.1. The number of nitrogens with zero attached hydrogens (tertiary/aromatic N) is 3. The molecule has 22 heavy (non-hydrogen) atoms. The van der Waals surface area contributed by atoms with Crippen molar-refractivity contribution in [1.82, 2.24) is 9.55 Å². The molecule has 0 radical (unpaired) electrons. The number of nitro groups is 1. The number of aromatic nitrogens is 2. The number of benzene rings is 1. The maximum atomic E-state index is 12.1. The summed E-state index contributed by atoms with van der Waals surface area (Å²) in [7, 11) is 0. The third-order valence-corrected chi connectivity index (χ3v) is 4.05. The highest BCUT2D eigenvalue weighted by atomic mass is 79.9. The molecular formula is C13H12BrClN4O3. The van der Waals surface area contributed by atoms with Gasteiger partial charge in [-0.25, -0.2) is 0 Å². The molecule has 0 fully saturated rings. The summed E-state index contributed by atoms with van der Waals surface area (Å²) < 4.78 is 2.12. The number of hydrogen-bond acceptors (Lipinski definition) is 4. The van der Waals surface area contributed by atoms with Crippen LogP contribution in [0.1, 0.15) is 11.4 Å². The van der Waals surface area contributed by atoms with Crippen molar-refractivity contribution in [2.24, 2.45) is 0 Å². The van der Waals surface area contributed by atoms with Gasteiger partial charge in [-0.1, -0.05) is 11.6 Å². The van der Waals surface area contributed by atoms with Crippen molar-refractivity contribution in [2.75, 3.05) is 5.32 Å². The van der Waals surface area contributed by atoms with E-state index >= 15 is 0 Å². The number of imidazole rings is 1. The summed E-state index contributed by atoms with van der Waals surface area (Å²) in [5.74, 6) is -0.233. The highest BCUT2D eigenvalue weighted by Crippen LogP contribution is 2.29. The molecule has 0 bridgehead atoms. The summed E-state index contributed by atoms with van der Waals surface area (Å²) in [5, 5.41) is 13.9. The van der Waals surface area contributed by atoms with Crippen LogP contribution >= 0.6 is 27.5 Å². The quantitative estimate of drug-likeness (QED) is 0.642. The minimum Gasteiger partial charge on any atom is -0.358 e. The van der Waals surface area contributed by atoms with Crippen molar-refractivity contribution in [2.45, 2.75) is 20.4 Å². The maximum absolute atomic E-state index is 12.1. The van der Waals surface area contributed by atoms with E-state index in [2.05, 4.69) is 26.2 Å². The summed E-state index contributed by atoms with van der Waals surface area (Å²) in [6, 6.07) is 3.44. The summed E-state index contributed by atoms with van der Waals surface area (Å²) in [6.07, 6.45) is 1.23.